The third-order valence-electron chi connectivity index (χ3n) is 6.83. The van der Waals surface area contributed by atoms with Crippen LogP contribution in [0.1, 0.15) is 54.4 Å². The van der Waals surface area contributed by atoms with Crippen molar-refractivity contribution in [3.8, 4) is 0 Å². The highest BCUT2D eigenvalue weighted by Crippen LogP contribution is 2.27. The van der Waals surface area contributed by atoms with E-state index in [4.69, 9.17) is 0 Å². The van der Waals surface area contributed by atoms with E-state index in [0.29, 0.717) is 37.1 Å². The first kappa shape index (κ1) is 25.1. The van der Waals surface area contributed by atoms with Crippen LogP contribution in [0.2, 0.25) is 0 Å². The molecule has 36 heavy (non-hydrogen) atoms. The average molecular weight is 486 g/mol. The summed E-state index contributed by atoms with van der Waals surface area (Å²) in [6.45, 7) is 9.83. The summed E-state index contributed by atoms with van der Waals surface area (Å²) in [7, 11) is 0. The second-order valence-electron chi connectivity index (χ2n) is 9.71. The standard InChI is InChI=1S/C29H31N3O4/c1-17-8-10-21(12-18(17)2)14-24(33)13-19(3)22-6-5-7-23(15-22)31-25-16-27(34)32(29(25)36)26-11-9-20(4)30-28(26)35/h5-8,10,12,15-16,19,26,31H,4,9,11,13-14H2,1-3H3,(H,30,35). The van der Waals surface area contributed by atoms with E-state index in [1.54, 1.807) is 6.07 Å². The maximum Gasteiger partial charge on any atom is 0.278 e. The first-order chi connectivity index (χ1) is 17.1. The van der Waals surface area contributed by atoms with Gasteiger partial charge in [-0.3, -0.25) is 24.1 Å². The summed E-state index contributed by atoms with van der Waals surface area (Å²) in [5.41, 5.74) is 5.69. The number of hydrogen-bond acceptors (Lipinski definition) is 5. The van der Waals surface area contributed by atoms with E-state index in [1.165, 1.54) is 17.2 Å². The van der Waals surface area contributed by atoms with Crippen molar-refractivity contribution in [2.45, 2.75) is 58.4 Å². The number of ketones is 1. The minimum Gasteiger partial charge on any atom is -0.351 e. The van der Waals surface area contributed by atoms with Gasteiger partial charge in [0.25, 0.3) is 11.8 Å². The van der Waals surface area contributed by atoms with E-state index in [-0.39, 0.29) is 17.4 Å². The van der Waals surface area contributed by atoms with Gasteiger partial charge in [0.05, 0.1) is 0 Å². The fourth-order valence-corrected chi connectivity index (χ4v) is 4.63. The van der Waals surface area contributed by atoms with Crippen molar-refractivity contribution < 1.29 is 19.2 Å². The lowest BCUT2D eigenvalue weighted by Gasteiger charge is -2.29. The van der Waals surface area contributed by atoms with Gasteiger partial charge in [-0.15, -0.1) is 0 Å². The topological polar surface area (TPSA) is 95.6 Å². The minimum atomic E-state index is -0.847. The Labute approximate surface area is 211 Å². The smallest absolute Gasteiger partial charge is 0.278 e. The van der Waals surface area contributed by atoms with Gasteiger partial charge in [-0.2, -0.15) is 0 Å². The Bertz CT molecular complexity index is 1290. The number of Topliss-reactive ketones (excluding diaryl/α,β-unsaturated/α-hetero) is 1. The lowest BCUT2D eigenvalue weighted by Crippen LogP contribution is -2.52. The monoisotopic (exact) mass is 485 g/mol. The molecule has 0 bridgehead atoms. The van der Waals surface area contributed by atoms with Crippen molar-refractivity contribution in [1.29, 1.82) is 0 Å². The van der Waals surface area contributed by atoms with Crippen molar-refractivity contribution in [3.63, 3.8) is 0 Å². The van der Waals surface area contributed by atoms with Crippen LogP contribution in [-0.2, 0) is 25.6 Å². The Hall–Kier alpha value is -4.00. The molecule has 7 heteroatoms. The van der Waals surface area contributed by atoms with E-state index in [1.807, 2.05) is 44.2 Å². The zero-order valence-corrected chi connectivity index (χ0v) is 20.9. The summed E-state index contributed by atoms with van der Waals surface area (Å²) in [4.78, 5) is 51.5. The van der Waals surface area contributed by atoms with E-state index >= 15 is 0 Å². The molecule has 7 nitrogen and oxygen atoms in total. The number of nitrogens with zero attached hydrogens (tertiary/aromatic N) is 1. The molecular formula is C29H31N3O4. The minimum absolute atomic E-state index is 0.0174. The van der Waals surface area contributed by atoms with E-state index in [2.05, 4.69) is 30.2 Å². The van der Waals surface area contributed by atoms with Gasteiger partial charge in [-0.1, -0.05) is 43.8 Å². The molecule has 2 aliphatic rings. The highest BCUT2D eigenvalue weighted by molar-refractivity contribution is 6.19. The first-order valence-corrected chi connectivity index (χ1v) is 12.1. The Kier molecular flexibility index (Phi) is 7.20. The number of carbonyl (C=O) groups excluding carboxylic acids is 4. The number of nitrogens with one attached hydrogen (secondary N) is 2. The van der Waals surface area contributed by atoms with Crippen LogP contribution < -0.4 is 10.6 Å². The number of amides is 3. The molecule has 0 radical (unpaired) electrons. The van der Waals surface area contributed by atoms with E-state index in [9.17, 15) is 19.2 Å². The molecule has 4 rings (SSSR count). The van der Waals surface area contributed by atoms with Crippen LogP contribution in [0.25, 0.3) is 0 Å². The van der Waals surface area contributed by atoms with Gasteiger partial charge in [0.15, 0.2) is 0 Å². The summed E-state index contributed by atoms with van der Waals surface area (Å²) in [6, 6.07) is 12.7. The quantitative estimate of drug-likeness (QED) is 0.550. The number of carbonyl (C=O) groups is 4. The van der Waals surface area contributed by atoms with Crippen LogP contribution in [-0.4, -0.2) is 34.4 Å². The fourth-order valence-electron chi connectivity index (χ4n) is 4.63. The lowest BCUT2D eigenvalue weighted by atomic mass is 9.92. The summed E-state index contributed by atoms with van der Waals surface area (Å²) in [6.07, 6.45) is 2.88. The van der Waals surface area contributed by atoms with Gasteiger partial charge in [0.2, 0.25) is 5.91 Å². The van der Waals surface area contributed by atoms with Gasteiger partial charge in [-0.25, -0.2) is 0 Å². The molecule has 0 saturated carbocycles. The SMILES string of the molecule is C=C1CCC(N2C(=O)C=C(Nc3cccc(C(C)CC(=O)Cc4ccc(C)c(C)c4)c3)C2=O)C(=O)N1. The predicted molar refractivity (Wildman–Crippen MR) is 138 cm³/mol. The van der Waals surface area contributed by atoms with Gasteiger partial charge in [0, 0.05) is 30.3 Å². The molecule has 2 unspecified atom stereocenters. The van der Waals surface area contributed by atoms with E-state index < -0.39 is 23.8 Å². The van der Waals surface area contributed by atoms with Crippen molar-refractivity contribution in [2.24, 2.45) is 0 Å². The van der Waals surface area contributed by atoms with E-state index in [0.717, 1.165) is 16.0 Å². The highest BCUT2D eigenvalue weighted by Gasteiger charge is 2.41. The summed E-state index contributed by atoms with van der Waals surface area (Å²) >= 11 is 0. The molecule has 1 fully saturated rings. The number of hydrogen-bond donors (Lipinski definition) is 2. The average Bonchev–Trinajstić information content (AvgIpc) is 3.09. The molecule has 2 heterocycles. The van der Waals surface area contributed by atoms with Crippen molar-refractivity contribution in [3.05, 3.63) is 88.8 Å². The molecule has 0 spiro atoms. The molecular weight excluding hydrogens is 454 g/mol. The van der Waals surface area contributed by atoms with Gasteiger partial charge in [0.1, 0.15) is 17.5 Å². The van der Waals surface area contributed by atoms with Crippen LogP contribution in [0, 0.1) is 13.8 Å². The van der Waals surface area contributed by atoms with Crippen LogP contribution in [0.15, 0.2) is 66.5 Å². The summed E-state index contributed by atoms with van der Waals surface area (Å²) < 4.78 is 0. The molecule has 186 valence electrons. The van der Waals surface area contributed by atoms with Crippen LogP contribution in [0.4, 0.5) is 5.69 Å². The number of imide groups is 1. The number of allylic oxidation sites excluding steroid dienone is 1. The number of benzene rings is 2. The molecule has 2 N–H and O–H groups in total. The molecule has 2 aliphatic heterocycles. The third-order valence-corrected chi connectivity index (χ3v) is 6.83. The van der Waals surface area contributed by atoms with Gasteiger partial charge >= 0.3 is 0 Å². The molecule has 2 aromatic rings. The molecule has 0 aliphatic carbocycles. The maximum atomic E-state index is 13.0. The highest BCUT2D eigenvalue weighted by atomic mass is 16.2. The number of anilines is 1. The Morgan fingerprint density at radius 2 is 1.92 bits per heavy atom. The first-order valence-electron chi connectivity index (χ1n) is 12.1. The van der Waals surface area contributed by atoms with Crippen LogP contribution in [0.5, 0.6) is 0 Å². The van der Waals surface area contributed by atoms with Crippen LogP contribution >= 0.6 is 0 Å². The number of piperidine rings is 1. The molecule has 0 aromatic heterocycles. The third kappa shape index (κ3) is 5.46. The normalized spacial score (nSPS) is 18.7. The Morgan fingerprint density at radius 3 is 2.64 bits per heavy atom. The van der Waals surface area contributed by atoms with Crippen molar-refractivity contribution >= 4 is 29.2 Å². The van der Waals surface area contributed by atoms with Gasteiger partial charge in [-0.05, 0) is 67.0 Å². The maximum absolute atomic E-state index is 13.0. The van der Waals surface area contributed by atoms with Crippen molar-refractivity contribution in [2.75, 3.05) is 5.32 Å². The zero-order chi connectivity index (χ0) is 26.0. The van der Waals surface area contributed by atoms with Crippen molar-refractivity contribution in [1.82, 2.24) is 10.2 Å². The summed E-state index contributed by atoms with van der Waals surface area (Å²) in [5.74, 6) is -1.31. The number of rotatable bonds is 8. The Balaban J connectivity index is 1.39. The largest absolute Gasteiger partial charge is 0.351 e. The number of aryl methyl sites for hydroxylation is 2. The molecule has 2 atom stereocenters. The fraction of sp³-hybridized carbons (Fsp3) is 0.310. The summed E-state index contributed by atoms with van der Waals surface area (Å²) in [5, 5.41) is 5.65. The second-order valence-corrected chi connectivity index (χ2v) is 9.71. The molecule has 2 aromatic carbocycles. The predicted octanol–water partition coefficient (Wildman–Crippen LogP) is 4.07. The second kappa shape index (κ2) is 10.3. The van der Waals surface area contributed by atoms with Gasteiger partial charge < -0.3 is 10.6 Å². The molecule has 3 amide bonds. The lowest BCUT2D eigenvalue weighted by molar-refractivity contribution is -0.146. The Morgan fingerprint density at radius 1 is 1.14 bits per heavy atom. The molecule has 1 saturated heterocycles. The van der Waals surface area contributed by atoms with Crippen LogP contribution in [0.3, 0.4) is 0 Å². The zero-order valence-electron chi connectivity index (χ0n) is 20.9.